The second-order valence-corrected chi connectivity index (χ2v) is 7.18. The molecule has 20 heavy (non-hydrogen) atoms. The van der Waals surface area contributed by atoms with E-state index in [0.29, 0.717) is 24.5 Å². The molecule has 0 radical (unpaired) electrons. The SMILES string of the molecule is CN(CC(NC1CC1)(C(=O)O)C1CC1)C1CCCCC1. The normalized spacial score (nSPS) is 27.5. The Bertz CT molecular complexity index is 359. The Kier molecular flexibility index (Phi) is 4.04. The molecule has 0 heterocycles. The highest BCUT2D eigenvalue weighted by Crippen LogP contribution is 2.42. The molecule has 0 aromatic heterocycles. The molecule has 1 atom stereocenters. The smallest absolute Gasteiger partial charge is 0.325 e. The molecule has 4 nitrogen and oxygen atoms in total. The van der Waals surface area contributed by atoms with Crippen LogP contribution in [0, 0.1) is 5.92 Å². The summed E-state index contributed by atoms with van der Waals surface area (Å²) in [4.78, 5) is 14.3. The molecule has 4 heteroatoms. The molecular formula is C16H28N2O2. The number of nitrogens with one attached hydrogen (secondary N) is 1. The van der Waals surface area contributed by atoms with Crippen molar-refractivity contribution in [2.75, 3.05) is 13.6 Å². The number of aliphatic carboxylic acids is 1. The molecule has 0 spiro atoms. The summed E-state index contributed by atoms with van der Waals surface area (Å²) in [5, 5.41) is 13.4. The minimum atomic E-state index is -0.687. The first-order valence-corrected chi connectivity index (χ1v) is 8.33. The predicted molar refractivity (Wildman–Crippen MR) is 78.8 cm³/mol. The molecule has 0 aromatic rings. The Balaban J connectivity index is 1.69. The highest BCUT2D eigenvalue weighted by atomic mass is 16.4. The number of carboxylic acids is 1. The summed E-state index contributed by atoms with van der Waals surface area (Å²) in [5.74, 6) is -0.291. The lowest BCUT2D eigenvalue weighted by molar-refractivity contribution is -0.147. The summed E-state index contributed by atoms with van der Waals surface area (Å²) in [6.45, 7) is 0.675. The first kappa shape index (κ1) is 14.3. The molecule has 0 aromatic carbocycles. The number of hydrogen-bond acceptors (Lipinski definition) is 3. The van der Waals surface area contributed by atoms with Crippen LogP contribution in [0.4, 0.5) is 0 Å². The van der Waals surface area contributed by atoms with Crippen LogP contribution >= 0.6 is 0 Å². The maximum atomic E-state index is 12.0. The molecular weight excluding hydrogens is 252 g/mol. The summed E-state index contributed by atoms with van der Waals surface area (Å²) < 4.78 is 0. The standard InChI is InChI=1S/C16H28N2O2/c1-18(14-5-3-2-4-6-14)11-16(15(19)20,12-7-8-12)17-13-9-10-13/h12-14,17H,2-11H2,1H3,(H,19,20). The fourth-order valence-corrected chi connectivity index (χ4v) is 3.81. The fourth-order valence-electron chi connectivity index (χ4n) is 3.81. The maximum Gasteiger partial charge on any atom is 0.325 e. The van der Waals surface area contributed by atoms with Gasteiger partial charge in [-0.1, -0.05) is 19.3 Å². The Morgan fingerprint density at radius 2 is 1.80 bits per heavy atom. The van der Waals surface area contributed by atoms with Crippen LogP contribution < -0.4 is 5.32 Å². The van der Waals surface area contributed by atoms with Crippen LogP contribution in [0.1, 0.15) is 57.8 Å². The number of carbonyl (C=O) groups is 1. The van der Waals surface area contributed by atoms with Gasteiger partial charge >= 0.3 is 5.97 Å². The van der Waals surface area contributed by atoms with Crippen LogP contribution in [-0.2, 0) is 4.79 Å². The van der Waals surface area contributed by atoms with Crippen molar-refractivity contribution < 1.29 is 9.90 Å². The molecule has 3 fully saturated rings. The molecule has 0 saturated heterocycles. The predicted octanol–water partition coefficient (Wildman–Crippen LogP) is 2.24. The average molecular weight is 280 g/mol. The van der Waals surface area contributed by atoms with Crippen molar-refractivity contribution >= 4 is 5.97 Å². The largest absolute Gasteiger partial charge is 0.480 e. The van der Waals surface area contributed by atoms with Crippen molar-refractivity contribution in [3.8, 4) is 0 Å². The van der Waals surface area contributed by atoms with Crippen molar-refractivity contribution in [1.82, 2.24) is 10.2 Å². The van der Waals surface area contributed by atoms with Crippen molar-refractivity contribution in [3.63, 3.8) is 0 Å². The zero-order valence-electron chi connectivity index (χ0n) is 12.6. The first-order valence-electron chi connectivity index (χ1n) is 8.33. The van der Waals surface area contributed by atoms with Crippen LogP contribution in [0.3, 0.4) is 0 Å². The van der Waals surface area contributed by atoms with E-state index in [1.165, 1.54) is 32.1 Å². The van der Waals surface area contributed by atoms with Crippen molar-refractivity contribution in [2.45, 2.75) is 75.4 Å². The van der Waals surface area contributed by atoms with Gasteiger partial charge in [-0.05, 0) is 51.5 Å². The summed E-state index contributed by atoms with van der Waals surface area (Å²) in [7, 11) is 2.13. The Morgan fingerprint density at radius 3 is 2.30 bits per heavy atom. The van der Waals surface area contributed by atoms with E-state index in [-0.39, 0.29) is 0 Å². The van der Waals surface area contributed by atoms with Gasteiger partial charge in [-0.3, -0.25) is 10.1 Å². The van der Waals surface area contributed by atoms with Gasteiger partial charge in [0.05, 0.1) is 0 Å². The molecule has 114 valence electrons. The van der Waals surface area contributed by atoms with Crippen LogP contribution in [0.25, 0.3) is 0 Å². The van der Waals surface area contributed by atoms with Crippen LogP contribution in [-0.4, -0.2) is 47.2 Å². The van der Waals surface area contributed by atoms with Crippen LogP contribution in [0.15, 0.2) is 0 Å². The van der Waals surface area contributed by atoms with E-state index < -0.39 is 11.5 Å². The molecule has 3 aliphatic carbocycles. The van der Waals surface area contributed by atoms with E-state index in [4.69, 9.17) is 0 Å². The molecule has 0 aliphatic heterocycles. The third kappa shape index (κ3) is 3.01. The number of rotatable bonds is 7. The second kappa shape index (κ2) is 5.64. The third-order valence-electron chi connectivity index (χ3n) is 5.39. The second-order valence-electron chi connectivity index (χ2n) is 7.18. The van der Waals surface area contributed by atoms with E-state index in [0.717, 1.165) is 25.7 Å². The van der Waals surface area contributed by atoms with Gasteiger partial charge in [0.25, 0.3) is 0 Å². The molecule has 1 unspecified atom stereocenters. The maximum absolute atomic E-state index is 12.0. The number of nitrogens with zero attached hydrogens (tertiary/aromatic N) is 1. The molecule has 0 amide bonds. The summed E-state index contributed by atoms with van der Waals surface area (Å²) in [5.41, 5.74) is -0.687. The van der Waals surface area contributed by atoms with Gasteiger partial charge < -0.3 is 10.0 Å². The first-order chi connectivity index (χ1) is 9.62. The lowest BCUT2D eigenvalue weighted by Gasteiger charge is -2.39. The zero-order chi connectivity index (χ0) is 14.2. The van der Waals surface area contributed by atoms with Crippen LogP contribution in [0.5, 0.6) is 0 Å². The van der Waals surface area contributed by atoms with E-state index >= 15 is 0 Å². The van der Waals surface area contributed by atoms with Crippen molar-refractivity contribution in [2.24, 2.45) is 5.92 Å². The van der Waals surface area contributed by atoms with E-state index in [9.17, 15) is 9.90 Å². The Labute approximate surface area is 121 Å². The Morgan fingerprint density at radius 1 is 1.15 bits per heavy atom. The van der Waals surface area contributed by atoms with Crippen molar-refractivity contribution in [3.05, 3.63) is 0 Å². The van der Waals surface area contributed by atoms with Gasteiger partial charge in [0, 0.05) is 18.6 Å². The fraction of sp³-hybridized carbons (Fsp3) is 0.938. The van der Waals surface area contributed by atoms with Gasteiger partial charge in [-0.2, -0.15) is 0 Å². The number of carboxylic acid groups (broad SMARTS) is 1. The highest BCUT2D eigenvalue weighted by molar-refractivity contribution is 5.80. The zero-order valence-corrected chi connectivity index (χ0v) is 12.6. The lowest BCUT2D eigenvalue weighted by Crippen LogP contribution is -2.62. The van der Waals surface area contributed by atoms with Gasteiger partial charge in [0.15, 0.2) is 0 Å². The summed E-state index contributed by atoms with van der Waals surface area (Å²) >= 11 is 0. The number of likely N-dealkylation sites (N-methyl/N-ethyl adjacent to an activating group) is 1. The van der Waals surface area contributed by atoms with Gasteiger partial charge in [0.1, 0.15) is 5.54 Å². The van der Waals surface area contributed by atoms with Crippen molar-refractivity contribution in [1.29, 1.82) is 0 Å². The topological polar surface area (TPSA) is 52.6 Å². The average Bonchev–Trinajstić information content (AvgIpc) is 3.31. The monoisotopic (exact) mass is 280 g/mol. The highest BCUT2D eigenvalue weighted by Gasteiger charge is 2.54. The van der Waals surface area contributed by atoms with Gasteiger partial charge in [0.2, 0.25) is 0 Å². The van der Waals surface area contributed by atoms with Crippen LogP contribution in [0.2, 0.25) is 0 Å². The molecule has 3 saturated carbocycles. The van der Waals surface area contributed by atoms with Gasteiger partial charge in [-0.15, -0.1) is 0 Å². The van der Waals surface area contributed by atoms with E-state index in [1.807, 2.05) is 0 Å². The summed E-state index contributed by atoms with van der Waals surface area (Å²) in [6.07, 6.45) is 10.9. The summed E-state index contributed by atoms with van der Waals surface area (Å²) in [6, 6.07) is 1.04. The molecule has 2 N–H and O–H groups in total. The molecule has 3 aliphatic rings. The quantitative estimate of drug-likeness (QED) is 0.751. The third-order valence-corrected chi connectivity index (χ3v) is 5.39. The lowest BCUT2D eigenvalue weighted by atomic mass is 9.89. The minimum Gasteiger partial charge on any atom is -0.480 e. The number of hydrogen-bond donors (Lipinski definition) is 2. The molecule has 0 bridgehead atoms. The van der Waals surface area contributed by atoms with Gasteiger partial charge in [-0.25, -0.2) is 0 Å². The molecule has 3 rings (SSSR count). The van der Waals surface area contributed by atoms with E-state index in [1.54, 1.807) is 0 Å². The minimum absolute atomic E-state index is 0.339. The Hall–Kier alpha value is -0.610. The van der Waals surface area contributed by atoms with E-state index in [2.05, 4.69) is 17.3 Å².